The monoisotopic (exact) mass is 218 g/mol. The fourth-order valence-corrected chi connectivity index (χ4v) is 2.10. The number of H-pyrrole nitrogens is 1. The van der Waals surface area contributed by atoms with Gasteiger partial charge in [0.25, 0.3) is 0 Å². The van der Waals surface area contributed by atoms with E-state index < -0.39 is 15.7 Å². The topological polar surface area (TPSA) is 86.9 Å². The van der Waals surface area contributed by atoms with Crippen molar-refractivity contribution in [2.75, 3.05) is 4.72 Å². The summed E-state index contributed by atoms with van der Waals surface area (Å²) in [6, 6.07) is 0. The number of aromatic nitrogens is 2. The molecule has 3 N–H and O–H groups in total. The highest BCUT2D eigenvalue weighted by Gasteiger charge is 2.19. The summed E-state index contributed by atoms with van der Waals surface area (Å²) in [6.45, 7) is 5.27. The lowest BCUT2D eigenvalue weighted by Gasteiger charge is -2.20. The molecule has 0 atom stereocenters. The minimum absolute atomic E-state index is 0.196. The molecule has 0 radical (unpaired) electrons. The average molecular weight is 218 g/mol. The van der Waals surface area contributed by atoms with E-state index in [0.717, 1.165) is 0 Å². The summed E-state index contributed by atoms with van der Waals surface area (Å²) in [6.07, 6.45) is 3.00. The number of nitrogens with zero attached hydrogens (tertiary/aromatic N) is 1. The summed E-state index contributed by atoms with van der Waals surface area (Å²) in [5.74, 6) is 0.196. The van der Waals surface area contributed by atoms with Crippen molar-refractivity contribution in [2.45, 2.75) is 26.3 Å². The fourth-order valence-electron chi connectivity index (χ4n) is 0.877. The van der Waals surface area contributed by atoms with E-state index in [1.165, 1.54) is 12.4 Å². The van der Waals surface area contributed by atoms with Crippen molar-refractivity contribution < 1.29 is 8.42 Å². The molecule has 0 aliphatic heterocycles. The van der Waals surface area contributed by atoms with Crippen molar-refractivity contribution in [3.8, 4) is 0 Å². The predicted molar refractivity (Wildman–Crippen MR) is 54.0 cm³/mol. The molecule has 14 heavy (non-hydrogen) atoms. The molecule has 0 saturated heterocycles. The molecule has 0 aliphatic rings. The number of anilines is 1. The molecule has 0 fully saturated rings. The van der Waals surface area contributed by atoms with Crippen LogP contribution < -0.4 is 9.44 Å². The van der Waals surface area contributed by atoms with Crippen LogP contribution in [0.5, 0.6) is 0 Å². The molecule has 0 aliphatic carbocycles. The van der Waals surface area contributed by atoms with Crippen molar-refractivity contribution in [2.24, 2.45) is 0 Å². The highest BCUT2D eigenvalue weighted by molar-refractivity contribution is 7.90. The van der Waals surface area contributed by atoms with Crippen LogP contribution in [0.15, 0.2) is 12.4 Å². The number of rotatable bonds is 3. The number of imidazole rings is 1. The van der Waals surface area contributed by atoms with Gasteiger partial charge in [-0.05, 0) is 20.8 Å². The molecule has 1 rings (SSSR count). The van der Waals surface area contributed by atoms with Crippen molar-refractivity contribution in [3.05, 3.63) is 12.4 Å². The smallest absolute Gasteiger partial charge is 0.301 e. The van der Waals surface area contributed by atoms with E-state index in [9.17, 15) is 8.42 Å². The summed E-state index contributed by atoms with van der Waals surface area (Å²) < 4.78 is 27.5. The average Bonchev–Trinajstić information content (AvgIpc) is 2.31. The summed E-state index contributed by atoms with van der Waals surface area (Å²) in [4.78, 5) is 6.38. The zero-order valence-corrected chi connectivity index (χ0v) is 9.14. The summed E-state index contributed by atoms with van der Waals surface area (Å²) in [5.41, 5.74) is -0.515. The van der Waals surface area contributed by atoms with E-state index in [0.29, 0.717) is 0 Å². The molecule has 0 unspecified atom stereocenters. The molecule has 0 spiro atoms. The van der Waals surface area contributed by atoms with Gasteiger partial charge < -0.3 is 4.98 Å². The van der Waals surface area contributed by atoms with E-state index in [2.05, 4.69) is 19.4 Å². The normalized spacial score (nSPS) is 12.8. The minimum atomic E-state index is -3.56. The number of aromatic amines is 1. The zero-order chi connectivity index (χ0) is 10.8. The summed E-state index contributed by atoms with van der Waals surface area (Å²) in [7, 11) is -3.56. The van der Waals surface area contributed by atoms with Gasteiger partial charge in [-0.15, -0.1) is 0 Å². The Morgan fingerprint density at radius 2 is 2.07 bits per heavy atom. The Labute approximate surface area is 83.3 Å². The molecule has 0 amide bonds. The number of nitrogens with one attached hydrogen (secondary N) is 3. The third-order valence-electron chi connectivity index (χ3n) is 1.17. The first-order valence-electron chi connectivity index (χ1n) is 4.10. The highest BCUT2D eigenvalue weighted by Crippen LogP contribution is 2.04. The minimum Gasteiger partial charge on any atom is -0.330 e. The quantitative estimate of drug-likeness (QED) is 0.688. The van der Waals surface area contributed by atoms with Crippen LogP contribution >= 0.6 is 0 Å². The largest absolute Gasteiger partial charge is 0.330 e. The van der Waals surface area contributed by atoms with Gasteiger partial charge >= 0.3 is 10.2 Å². The van der Waals surface area contributed by atoms with Gasteiger partial charge in [0.2, 0.25) is 5.95 Å². The first kappa shape index (κ1) is 11.0. The Bertz CT molecular complexity index is 376. The van der Waals surface area contributed by atoms with Crippen LogP contribution in [-0.2, 0) is 10.2 Å². The lowest BCUT2D eigenvalue weighted by Crippen LogP contribution is -2.43. The Morgan fingerprint density at radius 3 is 2.50 bits per heavy atom. The van der Waals surface area contributed by atoms with Crippen LogP contribution in [0, 0.1) is 0 Å². The Balaban J connectivity index is 2.69. The molecule has 1 heterocycles. The second kappa shape index (κ2) is 3.58. The predicted octanol–water partition coefficient (Wildman–Crippen LogP) is 0.454. The van der Waals surface area contributed by atoms with Gasteiger partial charge in [0.05, 0.1) is 0 Å². The summed E-state index contributed by atoms with van der Waals surface area (Å²) in [5, 5.41) is 0. The second-order valence-electron chi connectivity index (χ2n) is 3.90. The maximum atomic E-state index is 11.4. The molecular weight excluding hydrogens is 204 g/mol. The van der Waals surface area contributed by atoms with Gasteiger partial charge in [0.1, 0.15) is 0 Å². The Morgan fingerprint density at radius 1 is 1.43 bits per heavy atom. The molecule has 1 aromatic rings. The third kappa shape index (κ3) is 3.75. The van der Waals surface area contributed by atoms with Gasteiger partial charge in [-0.2, -0.15) is 13.1 Å². The first-order chi connectivity index (χ1) is 6.29. The van der Waals surface area contributed by atoms with Crippen LogP contribution in [0.4, 0.5) is 5.95 Å². The molecule has 7 heteroatoms. The maximum absolute atomic E-state index is 11.4. The van der Waals surface area contributed by atoms with E-state index in [4.69, 9.17) is 0 Å². The standard InChI is InChI=1S/C7H14N4O2S/c1-7(2,3)11-14(12,13)10-6-8-4-5-9-6/h4-5,11H,1-3H3,(H2,8,9,10). The van der Waals surface area contributed by atoms with E-state index >= 15 is 0 Å². The van der Waals surface area contributed by atoms with Crippen molar-refractivity contribution in [1.29, 1.82) is 0 Å². The van der Waals surface area contributed by atoms with Crippen LogP contribution in [0.3, 0.4) is 0 Å². The molecule has 6 nitrogen and oxygen atoms in total. The molecule has 0 bridgehead atoms. The van der Waals surface area contributed by atoms with Crippen LogP contribution in [0.1, 0.15) is 20.8 Å². The van der Waals surface area contributed by atoms with Gasteiger partial charge in [-0.3, -0.25) is 0 Å². The second-order valence-corrected chi connectivity index (χ2v) is 5.31. The lowest BCUT2D eigenvalue weighted by atomic mass is 10.1. The van der Waals surface area contributed by atoms with Crippen LogP contribution in [0.2, 0.25) is 0 Å². The van der Waals surface area contributed by atoms with Crippen LogP contribution in [0.25, 0.3) is 0 Å². The number of hydrogen-bond acceptors (Lipinski definition) is 3. The van der Waals surface area contributed by atoms with Gasteiger partial charge in [-0.1, -0.05) is 0 Å². The summed E-state index contributed by atoms with van der Waals surface area (Å²) >= 11 is 0. The van der Waals surface area contributed by atoms with Gasteiger partial charge in [-0.25, -0.2) is 9.71 Å². The van der Waals surface area contributed by atoms with Crippen molar-refractivity contribution in [1.82, 2.24) is 14.7 Å². The zero-order valence-electron chi connectivity index (χ0n) is 8.33. The molecule has 1 aromatic heterocycles. The maximum Gasteiger partial charge on any atom is 0.301 e. The van der Waals surface area contributed by atoms with E-state index in [1.54, 1.807) is 20.8 Å². The molecule has 0 saturated carbocycles. The van der Waals surface area contributed by atoms with E-state index in [1.807, 2.05) is 0 Å². The molecule has 0 aromatic carbocycles. The van der Waals surface area contributed by atoms with Gasteiger partial charge in [0, 0.05) is 17.9 Å². The third-order valence-corrected chi connectivity index (χ3v) is 2.51. The number of hydrogen-bond donors (Lipinski definition) is 3. The lowest BCUT2D eigenvalue weighted by molar-refractivity contribution is 0.494. The molecular formula is C7H14N4O2S. The molecule has 80 valence electrons. The van der Waals surface area contributed by atoms with Crippen LogP contribution in [-0.4, -0.2) is 23.9 Å². The van der Waals surface area contributed by atoms with Crippen molar-refractivity contribution >= 4 is 16.2 Å². The Kier molecular flexibility index (Phi) is 2.81. The SMILES string of the molecule is CC(C)(C)NS(=O)(=O)Nc1ncc[nH]1. The highest BCUT2D eigenvalue weighted by atomic mass is 32.2. The fraction of sp³-hybridized carbons (Fsp3) is 0.571. The van der Waals surface area contributed by atoms with E-state index in [-0.39, 0.29) is 5.95 Å². The first-order valence-corrected chi connectivity index (χ1v) is 5.58. The van der Waals surface area contributed by atoms with Gasteiger partial charge in [0.15, 0.2) is 0 Å². The Hall–Kier alpha value is -1.08. The van der Waals surface area contributed by atoms with Crippen molar-refractivity contribution in [3.63, 3.8) is 0 Å².